The van der Waals surface area contributed by atoms with Crippen LogP contribution in [0.2, 0.25) is 0 Å². The van der Waals surface area contributed by atoms with E-state index in [1.807, 2.05) is 48.7 Å². The van der Waals surface area contributed by atoms with Crippen molar-refractivity contribution in [2.45, 2.75) is 19.9 Å². The molecule has 3 rings (SSSR count). The minimum atomic E-state index is -0.210. The number of aryl methyl sites for hydroxylation is 2. The van der Waals surface area contributed by atoms with Crippen LogP contribution in [0.4, 0.5) is 10.5 Å². The summed E-state index contributed by atoms with van der Waals surface area (Å²) in [6, 6.07) is 19.7. The summed E-state index contributed by atoms with van der Waals surface area (Å²) in [5.74, 6) is 0. The van der Waals surface area contributed by atoms with E-state index in [4.69, 9.17) is 0 Å². The number of hydrogen-bond acceptors (Lipinski definition) is 2. The molecule has 4 heteroatoms. The third-order valence-corrected chi connectivity index (χ3v) is 4.76. The summed E-state index contributed by atoms with van der Waals surface area (Å²) in [7, 11) is 0. The number of carbonyl (C=O) groups is 1. The number of carbonyl (C=O) groups excluding carboxylic acids is 1. The highest BCUT2D eigenvalue weighted by Crippen LogP contribution is 2.26. The van der Waals surface area contributed by atoms with Crippen molar-refractivity contribution in [3.63, 3.8) is 0 Å². The van der Waals surface area contributed by atoms with Gasteiger partial charge in [0.05, 0.1) is 6.04 Å². The van der Waals surface area contributed by atoms with Gasteiger partial charge >= 0.3 is 6.03 Å². The maximum Gasteiger partial charge on any atom is 0.320 e. The lowest BCUT2D eigenvalue weighted by molar-refractivity contribution is 0.250. The number of urea groups is 1. The highest BCUT2D eigenvalue weighted by Gasteiger charge is 2.17. The smallest absolute Gasteiger partial charge is 0.320 e. The van der Waals surface area contributed by atoms with Gasteiger partial charge in [-0.15, -0.1) is 11.3 Å². The van der Waals surface area contributed by atoms with Crippen LogP contribution in [0.1, 0.15) is 27.6 Å². The maximum atomic E-state index is 12.4. The third-order valence-electron chi connectivity index (χ3n) is 3.82. The fourth-order valence-corrected chi connectivity index (χ4v) is 3.27. The summed E-state index contributed by atoms with van der Waals surface area (Å²) in [6.45, 7) is 4.08. The molecule has 0 bridgehead atoms. The van der Waals surface area contributed by atoms with Crippen LogP contribution in [0.3, 0.4) is 0 Å². The summed E-state index contributed by atoms with van der Waals surface area (Å²) in [5.41, 5.74) is 4.22. The van der Waals surface area contributed by atoms with Crippen LogP contribution < -0.4 is 10.6 Å². The molecular weight excluding hydrogens is 316 g/mol. The van der Waals surface area contributed by atoms with Gasteiger partial charge in [-0.1, -0.05) is 53.6 Å². The van der Waals surface area contributed by atoms with Crippen LogP contribution in [-0.2, 0) is 0 Å². The van der Waals surface area contributed by atoms with Crippen molar-refractivity contribution in [1.82, 2.24) is 5.32 Å². The minimum absolute atomic E-state index is 0.156. The fraction of sp³-hybridized carbons (Fsp3) is 0.150. The van der Waals surface area contributed by atoms with E-state index in [0.717, 1.165) is 21.7 Å². The second-order valence-electron chi connectivity index (χ2n) is 5.82. The largest absolute Gasteiger partial charge is 0.326 e. The van der Waals surface area contributed by atoms with E-state index in [1.54, 1.807) is 11.3 Å². The second-order valence-corrected chi connectivity index (χ2v) is 6.80. The van der Waals surface area contributed by atoms with E-state index < -0.39 is 0 Å². The first-order chi connectivity index (χ1) is 11.6. The van der Waals surface area contributed by atoms with E-state index >= 15 is 0 Å². The first-order valence-corrected chi connectivity index (χ1v) is 8.74. The Balaban J connectivity index is 1.77. The highest BCUT2D eigenvalue weighted by atomic mass is 32.1. The Morgan fingerprint density at radius 2 is 1.54 bits per heavy atom. The van der Waals surface area contributed by atoms with Gasteiger partial charge in [0.25, 0.3) is 0 Å². The standard InChI is InChI=1S/C20H20N2OS/c1-14-5-9-16(10-6-14)19(18-4-3-13-24-18)22-20(23)21-17-11-7-15(2)8-12-17/h3-13,19H,1-2H3,(H2,21,22,23)/t19-/m1/s1. The molecule has 0 aliphatic heterocycles. The van der Waals surface area contributed by atoms with Crippen molar-refractivity contribution in [2.75, 3.05) is 5.32 Å². The first kappa shape index (κ1) is 16.3. The summed E-state index contributed by atoms with van der Waals surface area (Å²) in [5, 5.41) is 8.00. The van der Waals surface area contributed by atoms with Gasteiger partial charge in [-0.05, 0) is 43.0 Å². The highest BCUT2D eigenvalue weighted by molar-refractivity contribution is 7.10. The van der Waals surface area contributed by atoms with E-state index in [2.05, 4.69) is 41.8 Å². The van der Waals surface area contributed by atoms with Crippen LogP contribution in [0.5, 0.6) is 0 Å². The zero-order valence-electron chi connectivity index (χ0n) is 13.7. The predicted octanol–water partition coefficient (Wildman–Crippen LogP) is 5.28. The molecule has 1 aromatic heterocycles. The molecular formula is C20H20N2OS. The second kappa shape index (κ2) is 7.32. The molecule has 0 saturated carbocycles. The average Bonchev–Trinajstić information content (AvgIpc) is 3.10. The molecule has 24 heavy (non-hydrogen) atoms. The van der Waals surface area contributed by atoms with Crippen LogP contribution in [0, 0.1) is 13.8 Å². The molecule has 0 aliphatic rings. The van der Waals surface area contributed by atoms with E-state index in [0.29, 0.717) is 0 Å². The van der Waals surface area contributed by atoms with E-state index in [-0.39, 0.29) is 12.1 Å². The molecule has 1 atom stereocenters. The van der Waals surface area contributed by atoms with Crippen molar-refractivity contribution in [1.29, 1.82) is 0 Å². The van der Waals surface area contributed by atoms with Crippen molar-refractivity contribution in [3.8, 4) is 0 Å². The zero-order valence-corrected chi connectivity index (χ0v) is 14.6. The lowest BCUT2D eigenvalue weighted by Gasteiger charge is -2.19. The van der Waals surface area contributed by atoms with Crippen molar-refractivity contribution < 1.29 is 4.79 Å². The number of anilines is 1. The third kappa shape index (κ3) is 4.03. The zero-order chi connectivity index (χ0) is 16.9. The summed E-state index contributed by atoms with van der Waals surface area (Å²) in [6.07, 6.45) is 0. The molecule has 2 amide bonds. The van der Waals surface area contributed by atoms with Gasteiger partial charge < -0.3 is 10.6 Å². The molecule has 0 unspecified atom stereocenters. The van der Waals surface area contributed by atoms with Crippen LogP contribution in [0.15, 0.2) is 66.0 Å². The Morgan fingerprint density at radius 3 is 2.12 bits per heavy atom. The molecule has 0 radical (unpaired) electrons. The van der Waals surface area contributed by atoms with Gasteiger partial charge in [0.15, 0.2) is 0 Å². The Hall–Kier alpha value is -2.59. The van der Waals surface area contributed by atoms with Gasteiger partial charge in [0.1, 0.15) is 0 Å². The SMILES string of the molecule is Cc1ccc(NC(=O)N[C@H](c2ccc(C)cc2)c2cccs2)cc1. The Kier molecular flexibility index (Phi) is 4.96. The quantitative estimate of drug-likeness (QED) is 0.669. The van der Waals surface area contributed by atoms with Crippen molar-refractivity contribution >= 4 is 23.1 Å². The van der Waals surface area contributed by atoms with Gasteiger partial charge in [0.2, 0.25) is 0 Å². The van der Waals surface area contributed by atoms with E-state index in [1.165, 1.54) is 5.56 Å². The Labute approximate surface area is 146 Å². The van der Waals surface area contributed by atoms with Gasteiger partial charge in [0, 0.05) is 10.6 Å². The first-order valence-electron chi connectivity index (χ1n) is 7.86. The molecule has 0 fully saturated rings. The Bertz CT molecular complexity index is 793. The number of hydrogen-bond donors (Lipinski definition) is 2. The van der Waals surface area contributed by atoms with Crippen molar-refractivity contribution in [3.05, 3.63) is 87.6 Å². The summed E-state index contributed by atoms with van der Waals surface area (Å²) >= 11 is 1.64. The number of amides is 2. The van der Waals surface area contributed by atoms with Crippen LogP contribution in [-0.4, -0.2) is 6.03 Å². The monoisotopic (exact) mass is 336 g/mol. The van der Waals surface area contributed by atoms with Gasteiger partial charge in [-0.3, -0.25) is 0 Å². The summed E-state index contributed by atoms with van der Waals surface area (Å²) < 4.78 is 0. The molecule has 3 nitrogen and oxygen atoms in total. The molecule has 2 N–H and O–H groups in total. The van der Waals surface area contributed by atoms with Gasteiger partial charge in [-0.2, -0.15) is 0 Å². The molecule has 2 aromatic carbocycles. The molecule has 0 saturated heterocycles. The molecule has 1 heterocycles. The fourth-order valence-electron chi connectivity index (χ4n) is 2.47. The number of rotatable bonds is 4. The topological polar surface area (TPSA) is 41.1 Å². The number of thiophene rings is 1. The van der Waals surface area contributed by atoms with Crippen molar-refractivity contribution in [2.24, 2.45) is 0 Å². The summed E-state index contributed by atoms with van der Waals surface area (Å²) in [4.78, 5) is 13.5. The number of nitrogens with one attached hydrogen (secondary N) is 2. The van der Waals surface area contributed by atoms with Crippen LogP contribution >= 0.6 is 11.3 Å². The Morgan fingerprint density at radius 1 is 0.917 bits per heavy atom. The van der Waals surface area contributed by atoms with Crippen LogP contribution in [0.25, 0.3) is 0 Å². The molecule has 0 spiro atoms. The number of benzene rings is 2. The molecule has 3 aromatic rings. The van der Waals surface area contributed by atoms with Gasteiger partial charge in [-0.25, -0.2) is 4.79 Å². The lowest BCUT2D eigenvalue weighted by Crippen LogP contribution is -2.32. The normalized spacial score (nSPS) is 11.8. The predicted molar refractivity (Wildman–Crippen MR) is 101 cm³/mol. The maximum absolute atomic E-state index is 12.4. The molecule has 0 aliphatic carbocycles. The van der Waals surface area contributed by atoms with E-state index in [9.17, 15) is 4.79 Å². The lowest BCUT2D eigenvalue weighted by atomic mass is 10.0. The average molecular weight is 336 g/mol. The minimum Gasteiger partial charge on any atom is -0.326 e. The molecule has 122 valence electrons.